The van der Waals surface area contributed by atoms with Crippen LogP contribution in [0.4, 0.5) is 0 Å². The molecule has 0 aromatic heterocycles. The summed E-state index contributed by atoms with van der Waals surface area (Å²) in [6.45, 7) is 0.870. The van der Waals surface area contributed by atoms with Gasteiger partial charge in [-0.1, -0.05) is 0 Å². The van der Waals surface area contributed by atoms with Crippen LogP contribution in [0, 0.1) is 0 Å². The van der Waals surface area contributed by atoms with E-state index in [9.17, 15) is 16.8 Å². The van der Waals surface area contributed by atoms with Crippen LogP contribution >= 0.6 is 0 Å². The van der Waals surface area contributed by atoms with Gasteiger partial charge in [0.25, 0.3) is 0 Å². The molecule has 0 aliphatic heterocycles. The molecule has 9 nitrogen and oxygen atoms in total. The number of hydrogen-bond donors (Lipinski definition) is 2. The first kappa shape index (κ1) is 18.7. The molecule has 0 aromatic rings. The molecule has 0 rings (SSSR count). The van der Waals surface area contributed by atoms with E-state index in [1.807, 2.05) is 0 Å². The van der Waals surface area contributed by atoms with Gasteiger partial charge in [0.05, 0.1) is 13.2 Å². The Hall–Kier alpha value is -0.300. The highest BCUT2D eigenvalue weighted by Crippen LogP contribution is 1.95. The normalized spacial score (nSPS) is 12.7. The van der Waals surface area contributed by atoms with Crippen LogP contribution in [0.3, 0.4) is 0 Å². The first-order valence-electron chi connectivity index (χ1n) is 5.57. The molecule has 0 aliphatic rings. The van der Waals surface area contributed by atoms with Crippen LogP contribution in [0.1, 0.15) is 25.7 Å². The number of nitrogens with zero attached hydrogens (tertiary/aromatic N) is 1. The maximum Gasteiger partial charge on any atom is 0.397 e. The molecule has 0 saturated heterocycles. The second-order valence-corrected chi connectivity index (χ2v) is 5.77. The highest BCUT2D eigenvalue weighted by atomic mass is 32.3. The largest absolute Gasteiger partial charge is 0.397 e. The average Bonchev–Trinajstić information content (AvgIpc) is 2.22. The topological polar surface area (TPSA) is 141 Å². The lowest BCUT2D eigenvalue weighted by Crippen LogP contribution is -2.12. The summed E-state index contributed by atoms with van der Waals surface area (Å²) >= 11 is 0. The quantitative estimate of drug-likeness (QED) is 0.371. The summed E-state index contributed by atoms with van der Waals surface area (Å²) in [4.78, 5) is 0. The van der Waals surface area contributed by atoms with Crippen molar-refractivity contribution in [2.75, 3.05) is 26.3 Å². The second kappa shape index (κ2) is 9.58. The molecule has 0 fully saturated rings. The van der Waals surface area contributed by atoms with Crippen molar-refractivity contribution in [3.05, 3.63) is 0 Å². The van der Waals surface area contributed by atoms with Gasteiger partial charge in [-0.15, -0.1) is 0 Å². The summed E-state index contributed by atoms with van der Waals surface area (Å²) in [5.41, 5.74) is 0. The Morgan fingerprint density at radius 2 is 1.11 bits per heavy atom. The fourth-order valence-corrected chi connectivity index (χ4v) is 1.75. The van der Waals surface area contributed by atoms with Crippen molar-refractivity contribution in [1.29, 1.82) is 0 Å². The standard InChI is InChI=1S/C8H18NO8S2/c10-18(11,12)16-7-3-1-5-9-6-2-4-8-17-19(13,14)15/h1-8H2,(H,10,11,12)(H,13,14,15). The van der Waals surface area contributed by atoms with Crippen molar-refractivity contribution in [3.8, 4) is 0 Å². The molecule has 115 valence electrons. The molecular formula is C8H18NO8S2. The highest BCUT2D eigenvalue weighted by molar-refractivity contribution is 7.81. The van der Waals surface area contributed by atoms with E-state index in [2.05, 4.69) is 13.7 Å². The maximum absolute atomic E-state index is 10.2. The zero-order valence-electron chi connectivity index (χ0n) is 10.3. The Labute approximate surface area is 113 Å². The van der Waals surface area contributed by atoms with Crippen LogP contribution < -0.4 is 5.32 Å². The predicted molar refractivity (Wildman–Crippen MR) is 65.3 cm³/mol. The van der Waals surface area contributed by atoms with Gasteiger partial charge < -0.3 is 0 Å². The van der Waals surface area contributed by atoms with E-state index < -0.39 is 20.8 Å². The van der Waals surface area contributed by atoms with Crippen LogP contribution in [-0.2, 0) is 29.2 Å². The molecule has 0 bridgehead atoms. The van der Waals surface area contributed by atoms with Crippen LogP contribution in [0.25, 0.3) is 0 Å². The minimum absolute atomic E-state index is 0.0868. The van der Waals surface area contributed by atoms with Gasteiger partial charge in [-0.25, -0.2) is 13.7 Å². The summed E-state index contributed by atoms with van der Waals surface area (Å²) in [7, 11) is -8.72. The fraction of sp³-hybridized carbons (Fsp3) is 1.00. The molecular weight excluding hydrogens is 302 g/mol. The van der Waals surface area contributed by atoms with Crippen molar-refractivity contribution < 1.29 is 34.3 Å². The summed E-state index contributed by atoms with van der Waals surface area (Å²) in [5.74, 6) is 0. The second-order valence-electron chi connectivity index (χ2n) is 3.58. The van der Waals surface area contributed by atoms with E-state index >= 15 is 0 Å². The van der Waals surface area contributed by atoms with Crippen molar-refractivity contribution in [3.63, 3.8) is 0 Å². The lowest BCUT2D eigenvalue weighted by Gasteiger charge is -2.03. The van der Waals surface area contributed by atoms with Gasteiger partial charge in [0.15, 0.2) is 0 Å². The van der Waals surface area contributed by atoms with Crippen LogP contribution in [0.5, 0.6) is 0 Å². The smallest absolute Gasteiger partial charge is 0.264 e. The van der Waals surface area contributed by atoms with E-state index in [1.165, 1.54) is 0 Å². The minimum atomic E-state index is -4.36. The van der Waals surface area contributed by atoms with Crippen LogP contribution in [0.15, 0.2) is 0 Å². The fourth-order valence-electron chi connectivity index (χ4n) is 1.09. The number of rotatable bonds is 12. The van der Waals surface area contributed by atoms with Gasteiger partial charge in [0, 0.05) is 13.1 Å². The molecule has 1 radical (unpaired) electrons. The Morgan fingerprint density at radius 3 is 1.42 bits per heavy atom. The lowest BCUT2D eigenvalue weighted by atomic mass is 10.3. The molecule has 19 heavy (non-hydrogen) atoms. The Kier molecular flexibility index (Phi) is 9.43. The average molecular weight is 320 g/mol. The third-order valence-corrected chi connectivity index (χ3v) is 2.81. The Bertz CT molecular complexity index is 378. The van der Waals surface area contributed by atoms with E-state index in [4.69, 9.17) is 9.11 Å². The summed E-state index contributed by atoms with van der Waals surface area (Å²) < 4.78 is 65.4. The third-order valence-electron chi connectivity index (χ3n) is 1.89. The SMILES string of the molecule is O=S(=O)(O)OCCCC[N]CCCCOS(=O)(=O)O. The van der Waals surface area contributed by atoms with E-state index in [1.54, 1.807) is 0 Å². The summed E-state index contributed by atoms with van der Waals surface area (Å²) in [6.07, 6.45) is 2.15. The van der Waals surface area contributed by atoms with E-state index in [0.717, 1.165) is 0 Å². The molecule has 0 aromatic carbocycles. The van der Waals surface area contributed by atoms with E-state index in [-0.39, 0.29) is 13.2 Å². The van der Waals surface area contributed by atoms with Gasteiger partial charge >= 0.3 is 20.8 Å². The van der Waals surface area contributed by atoms with Crippen molar-refractivity contribution in [2.45, 2.75) is 25.7 Å². The Balaban J connectivity index is 3.20. The molecule has 0 heterocycles. The predicted octanol–water partition coefficient (Wildman–Crippen LogP) is -0.210. The zero-order valence-corrected chi connectivity index (χ0v) is 11.9. The van der Waals surface area contributed by atoms with Gasteiger partial charge in [-0.2, -0.15) is 16.8 Å². The molecule has 0 atom stereocenters. The van der Waals surface area contributed by atoms with Crippen molar-refractivity contribution >= 4 is 20.8 Å². The monoisotopic (exact) mass is 320 g/mol. The third kappa shape index (κ3) is 17.7. The maximum atomic E-state index is 10.2. The number of unbranched alkanes of at least 4 members (excludes halogenated alkanes) is 2. The molecule has 0 saturated carbocycles. The summed E-state index contributed by atoms with van der Waals surface area (Å²) in [5, 5.41) is 4.10. The zero-order chi connectivity index (χ0) is 14.8. The number of hydrogen-bond acceptors (Lipinski definition) is 6. The summed E-state index contributed by atoms with van der Waals surface area (Å²) in [6, 6.07) is 0. The molecule has 0 spiro atoms. The van der Waals surface area contributed by atoms with Gasteiger partial charge in [-0.3, -0.25) is 9.11 Å². The van der Waals surface area contributed by atoms with Crippen LogP contribution in [0.2, 0.25) is 0 Å². The van der Waals surface area contributed by atoms with Gasteiger partial charge in [0.1, 0.15) is 0 Å². The van der Waals surface area contributed by atoms with E-state index in [0.29, 0.717) is 38.8 Å². The minimum Gasteiger partial charge on any atom is -0.264 e. The highest BCUT2D eigenvalue weighted by Gasteiger charge is 2.03. The first-order valence-corrected chi connectivity index (χ1v) is 8.31. The first-order chi connectivity index (χ1) is 8.71. The Morgan fingerprint density at radius 1 is 0.737 bits per heavy atom. The molecule has 0 amide bonds. The lowest BCUT2D eigenvalue weighted by molar-refractivity contribution is 0.261. The van der Waals surface area contributed by atoms with Gasteiger partial charge in [0.2, 0.25) is 0 Å². The molecule has 2 N–H and O–H groups in total. The molecule has 0 aliphatic carbocycles. The molecule has 11 heteroatoms. The van der Waals surface area contributed by atoms with Crippen molar-refractivity contribution in [1.82, 2.24) is 5.32 Å². The van der Waals surface area contributed by atoms with Crippen molar-refractivity contribution in [2.24, 2.45) is 0 Å². The van der Waals surface area contributed by atoms with Gasteiger partial charge in [-0.05, 0) is 25.7 Å². The molecule has 0 unspecified atom stereocenters. The van der Waals surface area contributed by atoms with Crippen LogP contribution in [-0.4, -0.2) is 52.2 Å².